The van der Waals surface area contributed by atoms with E-state index in [1.165, 1.54) is 12.8 Å². The fourth-order valence-corrected chi connectivity index (χ4v) is 2.38. The standard InChI is InChI=1S/C11H19NO/c1-11(2,9-3-4-9)12-7-5-10(13)6-8-12/h9H,3-8H2,1-2H3. The zero-order valence-electron chi connectivity index (χ0n) is 8.68. The molecule has 1 aliphatic heterocycles. The summed E-state index contributed by atoms with van der Waals surface area (Å²) in [7, 11) is 0. The van der Waals surface area contributed by atoms with Crippen molar-refractivity contribution < 1.29 is 4.79 Å². The van der Waals surface area contributed by atoms with Gasteiger partial charge in [-0.25, -0.2) is 0 Å². The van der Waals surface area contributed by atoms with Crippen LogP contribution in [0.3, 0.4) is 0 Å². The minimum absolute atomic E-state index is 0.348. The second-order valence-electron chi connectivity index (χ2n) is 4.95. The summed E-state index contributed by atoms with van der Waals surface area (Å²) < 4.78 is 0. The maximum Gasteiger partial charge on any atom is 0.135 e. The van der Waals surface area contributed by atoms with Gasteiger partial charge in [0, 0.05) is 31.5 Å². The van der Waals surface area contributed by atoms with Gasteiger partial charge in [0.2, 0.25) is 0 Å². The van der Waals surface area contributed by atoms with Crippen LogP contribution in [-0.4, -0.2) is 29.3 Å². The first-order chi connectivity index (χ1) is 6.10. The molecule has 0 aromatic rings. The molecule has 1 heterocycles. The Hall–Kier alpha value is -0.370. The second-order valence-corrected chi connectivity index (χ2v) is 4.95. The topological polar surface area (TPSA) is 20.3 Å². The van der Waals surface area contributed by atoms with Crippen molar-refractivity contribution in [1.82, 2.24) is 4.90 Å². The number of nitrogens with zero attached hydrogens (tertiary/aromatic N) is 1. The normalized spacial score (nSPS) is 26.5. The molecule has 0 aromatic heterocycles. The first-order valence-electron chi connectivity index (χ1n) is 5.37. The molecule has 0 N–H and O–H groups in total. The minimum atomic E-state index is 0.348. The third-order valence-corrected chi connectivity index (χ3v) is 3.71. The van der Waals surface area contributed by atoms with Crippen molar-refractivity contribution in [2.75, 3.05) is 13.1 Å². The van der Waals surface area contributed by atoms with Gasteiger partial charge in [-0.05, 0) is 32.6 Å². The van der Waals surface area contributed by atoms with Gasteiger partial charge in [-0.1, -0.05) is 0 Å². The predicted octanol–water partition coefficient (Wildman–Crippen LogP) is 1.84. The van der Waals surface area contributed by atoms with Gasteiger partial charge in [0.15, 0.2) is 0 Å². The SMILES string of the molecule is CC(C)(C1CC1)N1CCC(=O)CC1. The van der Waals surface area contributed by atoms with Gasteiger partial charge in [0.1, 0.15) is 5.78 Å². The fourth-order valence-electron chi connectivity index (χ4n) is 2.38. The molecule has 13 heavy (non-hydrogen) atoms. The Morgan fingerprint density at radius 3 is 2.23 bits per heavy atom. The molecule has 2 heteroatoms. The van der Waals surface area contributed by atoms with E-state index in [4.69, 9.17) is 0 Å². The van der Waals surface area contributed by atoms with Crippen LogP contribution >= 0.6 is 0 Å². The van der Waals surface area contributed by atoms with Crippen LogP contribution in [0.15, 0.2) is 0 Å². The van der Waals surface area contributed by atoms with Crippen molar-refractivity contribution in [2.24, 2.45) is 5.92 Å². The Morgan fingerprint density at radius 1 is 1.23 bits per heavy atom. The monoisotopic (exact) mass is 181 g/mol. The third-order valence-electron chi connectivity index (χ3n) is 3.71. The van der Waals surface area contributed by atoms with Gasteiger partial charge < -0.3 is 0 Å². The lowest BCUT2D eigenvalue weighted by atomic mass is 9.93. The summed E-state index contributed by atoms with van der Waals surface area (Å²) in [5, 5.41) is 0. The summed E-state index contributed by atoms with van der Waals surface area (Å²) in [5.41, 5.74) is 0.348. The molecule has 74 valence electrons. The molecule has 1 saturated carbocycles. The van der Waals surface area contributed by atoms with Gasteiger partial charge in [0.25, 0.3) is 0 Å². The molecular formula is C11H19NO. The Morgan fingerprint density at radius 2 is 1.77 bits per heavy atom. The summed E-state index contributed by atoms with van der Waals surface area (Å²) in [5.74, 6) is 1.34. The van der Waals surface area contributed by atoms with Crippen LogP contribution in [0, 0.1) is 5.92 Å². The van der Waals surface area contributed by atoms with Gasteiger partial charge in [-0.2, -0.15) is 0 Å². The van der Waals surface area contributed by atoms with E-state index in [0.29, 0.717) is 11.3 Å². The molecule has 0 atom stereocenters. The average Bonchev–Trinajstić information content (AvgIpc) is 2.87. The third kappa shape index (κ3) is 1.78. The summed E-state index contributed by atoms with van der Waals surface area (Å²) >= 11 is 0. The van der Waals surface area contributed by atoms with E-state index in [0.717, 1.165) is 31.8 Å². The highest BCUT2D eigenvalue weighted by Crippen LogP contribution is 2.43. The predicted molar refractivity (Wildman–Crippen MR) is 52.6 cm³/mol. The first kappa shape index (κ1) is 9.20. The summed E-state index contributed by atoms with van der Waals surface area (Å²) in [6, 6.07) is 0. The zero-order valence-corrected chi connectivity index (χ0v) is 8.68. The van der Waals surface area contributed by atoms with Crippen molar-refractivity contribution in [3.8, 4) is 0 Å². The number of Topliss-reactive ketones (excluding diaryl/α,β-unsaturated/α-hetero) is 1. The molecule has 2 fully saturated rings. The molecule has 0 bridgehead atoms. The highest BCUT2D eigenvalue weighted by atomic mass is 16.1. The number of carbonyl (C=O) groups excluding carboxylic acids is 1. The number of likely N-dealkylation sites (tertiary alicyclic amines) is 1. The molecule has 2 nitrogen and oxygen atoms in total. The van der Waals surface area contributed by atoms with Crippen molar-refractivity contribution in [3.63, 3.8) is 0 Å². The van der Waals surface area contributed by atoms with Crippen molar-refractivity contribution in [3.05, 3.63) is 0 Å². The molecule has 1 aliphatic carbocycles. The van der Waals surface area contributed by atoms with E-state index in [9.17, 15) is 4.79 Å². The van der Waals surface area contributed by atoms with Gasteiger partial charge >= 0.3 is 0 Å². The molecular weight excluding hydrogens is 162 g/mol. The maximum atomic E-state index is 11.1. The number of hydrogen-bond acceptors (Lipinski definition) is 2. The Kier molecular flexibility index (Phi) is 2.18. The number of hydrogen-bond donors (Lipinski definition) is 0. The fraction of sp³-hybridized carbons (Fsp3) is 0.909. The highest BCUT2D eigenvalue weighted by molar-refractivity contribution is 5.79. The lowest BCUT2D eigenvalue weighted by molar-refractivity contribution is -0.122. The Bertz CT molecular complexity index is 208. The van der Waals surface area contributed by atoms with Crippen LogP contribution in [-0.2, 0) is 4.79 Å². The minimum Gasteiger partial charge on any atom is -0.300 e. The molecule has 2 aliphatic rings. The van der Waals surface area contributed by atoms with E-state index in [2.05, 4.69) is 18.7 Å². The molecule has 0 unspecified atom stereocenters. The summed E-state index contributed by atoms with van der Waals surface area (Å²) in [4.78, 5) is 13.6. The first-order valence-corrected chi connectivity index (χ1v) is 5.37. The summed E-state index contributed by atoms with van der Waals surface area (Å²) in [6.45, 7) is 6.64. The van der Waals surface area contributed by atoms with Crippen LogP contribution in [0.1, 0.15) is 39.5 Å². The molecule has 2 rings (SSSR count). The number of piperidine rings is 1. The van der Waals surface area contributed by atoms with Crippen LogP contribution in [0.25, 0.3) is 0 Å². The second kappa shape index (κ2) is 3.09. The Labute approximate surface area is 80.3 Å². The highest BCUT2D eigenvalue weighted by Gasteiger charge is 2.42. The van der Waals surface area contributed by atoms with E-state index in [1.54, 1.807) is 0 Å². The lowest BCUT2D eigenvalue weighted by Gasteiger charge is -2.41. The number of rotatable bonds is 2. The molecule has 0 amide bonds. The van der Waals surface area contributed by atoms with Crippen molar-refractivity contribution >= 4 is 5.78 Å². The van der Waals surface area contributed by atoms with Crippen molar-refractivity contribution in [1.29, 1.82) is 0 Å². The number of ketones is 1. The van der Waals surface area contributed by atoms with Crippen LogP contribution in [0.4, 0.5) is 0 Å². The largest absolute Gasteiger partial charge is 0.300 e. The zero-order chi connectivity index (χ0) is 9.47. The van der Waals surface area contributed by atoms with Crippen molar-refractivity contribution in [2.45, 2.75) is 45.1 Å². The van der Waals surface area contributed by atoms with Gasteiger partial charge in [-0.15, -0.1) is 0 Å². The van der Waals surface area contributed by atoms with E-state index in [1.807, 2.05) is 0 Å². The van der Waals surface area contributed by atoms with E-state index < -0.39 is 0 Å². The van der Waals surface area contributed by atoms with Gasteiger partial charge in [-0.3, -0.25) is 9.69 Å². The molecule has 0 radical (unpaired) electrons. The summed E-state index contributed by atoms with van der Waals surface area (Å²) in [6.07, 6.45) is 4.32. The van der Waals surface area contributed by atoms with Crippen LogP contribution < -0.4 is 0 Å². The average molecular weight is 181 g/mol. The lowest BCUT2D eigenvalue weighted by Crippen LogP contribution is -2.49. The Balaban J connectivity index is 1.96. The van der Waals surface area contributed by atoms with E-state index in [-0.39, 0.29) is 0 Å². The molecule has 0 aromatic carbocycles. The van der Waals surface area contributed by atoms with Crippen LogP contribution in [0.2, 0.25) is 0 Å². The smallest absolute Gasteiger partial charge is 0.135 e. The molecule has 1 saturated heterocycles. The maximum absolute atomic E-state index is 11.1. The quantitative estimate of drug-likeness (QED) is 0.648. The number of carbonyl (C=O) groups is 1. The van der Waals surface area contributed by atoms with E-state index >= 15 is 0 Å². The molecule has 0 spiro atoms. The van der Waals surface area contributed by atoms with Crippen LogP contribution in [0.5, 0.6) is 0 Å². The van der Waals surface area contributed by atoms with Gasteiger partial charge in [0.05, 0.1) is 0 Å².